The van der Waals surface area contributed by atoms with Crippen molar-refractivity contribution < 1.29 is 17.6 Å². The minimum absolute atomic E-state index is 0.0257. The second-order valence-electron chi connectivity index (χ2n) is 6.24. The van der Waals surface area contributed by atoms with Crippen molar-refractivity contribution in [1.82, 2.24) is 9.88 Å². The van der Waals surface area contributed by atoms with Gasteiger partial charge in [-0.1, -0.05) is 23.7 Å². The number of rotatable bonds is 4. The van der Waals surface area contributed by atoms with Crippen LogP contribution in [0.2, 0.25) is 5.02 Å². The maximum absolute atomic E-state index is 12.5. The number of halogens is 1. The number of hydrogen-bond donors (Lipinski definition) is 0. The first kappa shape index (κ1) is 17.9. The van der Waals surface area contributed by atoms with Crippen LogP contribution in [0, 0.1) is 6.92 Å². The van der Waals surface area contributed by atoms with Gasteiger partial charge in [-0.15, -0.1) is 0 Å². The van der Waals surface area contributed by atoms with Gasteiger partial charge in [-0.25, -0.2) is 13.4 Å². The SMILES string of the molecule is Cc1oc(-c2ccccc2Cl)nc1CC(=O)N(C)C1CCS(=O)(=O)C1. The lowest BCUT2D eigenvalue weighted by Crippen LogP contribution is -2.38. The molecule has 1 aromatic carbocycles. The van der Waals surface area contributed by atoms with Crippen LogP contribution in [0.25, 0.3) is 11.5 Å². The van der Waals surface area contributed by atoms with Gasteiger partial charge in [0, 0.05) is 13.1 Å². The van der Waals surface area contributed by atoms with Gasteiger partial charge in [0.05, 0.1) is 34.2 Å². The van der Waals surface area contributed by atoms with Crippen molar-refractivity contribution in [2.45, 2.75) is 25.8 Å². The molecule has 134 valence electrons. The Kier molecular flexibility index (Phi) is 4.88. The van der Waals surface area contributed by atoms with Gasteiger partial charge in [0.15, 0.2) is 9.84 Å². The lowest BCUT2D eigenvalue weighted by Gasteiger charge is -2.23. The Morgan fingerprint density at radius 1 is 1.40 bits per heavy atom. The predicted octanol–water partition coefficient (Wildman–Crippen LogP) is 2.49. The van der Waals surface area contributed by atoms with E-state index in [0.717, 1.165) is 0 Å². The number of carbonyl (C=O) groups is 1. The third kappa shape index (κ3) is 3.88. The fourth-order valence-corrected chi connectivity index (χ4v) is 4.89. The van der Waals surface area contributed by atoms with E-state index in [4.69, 9.17) is 16.0 Å². The summed E-state index contributed by atoms with van der Waals surface area (Å²) in [6.07, 6.45) is 0.542. The molecule has 0 spiro atoms. The summed E-state index contributed by atoms with van der Waals surface area (Å²) in [6, 6.07) is 6.92. The Morgan fingerprint density at radius 2 is 2.12 bits per heavy atom. The first-order valence-electron chi connectivity index (χ1n) is 7.94. The summed E-state index contributed by atoms with van der Waals surface area (Å²) in [4.78, 5) is 18.4. The molecule has 3 rings (SSSR count). The molecule has 1 aliphatic heterocycles. The Labute approximate surface area is 151 Å². The number of carbonyl (C=O) groups excluding carboxylic acids is 1. The number of aromatic nitrogens is 1. The van der Waals surface area contributed by atoms with Crippen LogP contribution in [0.1, 0.15) is 17.9 Å². The molecule has 1 unspecified atom stereocenters. The van der Waals surface area contributed by atoms with Gasteiger partial charge in [0.2, 0.25) is 11.8 Å². The van der Waals surface area contributed by atoms with Gasteiger partial charge < -0.3 is 9.32 Å². The van der Waals surface area contributed by atoms with E-state index >= 15 is 0 Å². The van der Waals surface area contributed by atoms with Crippen LogP contribution >= 0.6 is 11.6 Å². The normalized spacial score (nSPS) is 19.1. The van der Waals surface area contributed by atoms with Crippen molar-refractivity contribution >= 4 is 27.3 Å². The van der Waals surface area contributed by atoms with Crippen LogP contribution in [0.3, 0.4) is 0 Å². The summed E-state index contributed by atoms with van der Waals surface area (Å²) < 4.78 is 28.8. The summed E-state index contributed by atoms with van der Waals surface area (Å²) in [5.41, 5.74) is 1.20. The van der Waals surface area contributed by atoms with Crippen molar-refractivity contribution in [2.75, 3.05) is 18.6 Å². The van der Waals surface area contributed by atoms with Crippen LogP contribution in [-0.2, 0) is 21.1 Å². The largest absolute Gasteiger partial charge is 0.441 e. The predicted molar refractivity (Wildman–Crippen MR) is 95.2 cm³/mol. The zero-order chi connectivity index (χ0) is 18.2. The van der Waals surface area contributed by atoms with E-state index in [0.29, 0.717) is 34.4 Å². The molecule has 2 heterocycles. The van der Waals surface area contributed by atoms with Crippen LogP contribution in [0.4, 0.5) is 0 Å². The second kappa shape index (κ2) is 6.80. The molecule has 1 amide bonds. The average Bonchev–Trinajstić information content (AvgIpc) is 3.09. The molecular weight excluding hydrogens is 364 g/mol. The number of benzene rings is 1. The smallest absolute Gasteiger partial charge is 0.228 e. The molecule has 0 N–H and O–H groups in total. The number of sulfone groups is 1. The minimum atomic E-state index is -3.03. The van der Waals surface area contributed by atoms with Crippen molar-refractivity contribution in [2.24, 2.45) is 0 Å². The fraction of sp³-hybridized carbons (Fsp3) is 0.412. The van der Waals surface area contributed by atoms with Gasteiger partial charge in [-0.2, -0.15) is 0 Å². The number of likely N-dealkylation sites (N-methyl/N-ethyl adjacent to an activating group) is 1. The molecule has 0 aliphatic carbocycles. The maximum atomic E-state index is 12.5. The van der Waals surface area contributed by atoms with Gasteiger partial charge in [-0.3, -0.25) is 4.79 Å². The molecule has 0 bridgehead atoms. The average molecular weight is 383 g/mol. The van der Waals surface area contributed by atoms with Gasteiger partial charge in [-0.05, 0) is 25.5 Å². The van der Waals surface area contributed by atoms with Gasteiger partial charge in [0.1, 0.15) is 5.76 Å². The highest BCUT2D eigenvalue weighted by Gasteiger charge is 2.33. The second-order valence-corrected chi connectivity index (χ2v) is 8.88. The van der Waals surface area contributed by atoms with Gasteiger partial charge in [0.25, 0.3) is 0 Å². The summed E-state index contributed by atoms with van der Waals surface area (Å²) in [7, 11) is -1.40. The first-order chi connectivity index (χ1) is 11.8. The number of amides is 1. The lowest BCUT2D eigenvalue weighted by atomic mass is 10.2. The molecule has 2 aromatic rings. The Balaban J connectivity index is 1.75. The highest BCUT2D eigenvalue weighted by atomic mass is 35.5. The van der Waals surface area contributed by atoms with Gasteiger partial charge >= 0.3 is 0 Å². The van der Waals surface area contributed by atoms with Crippen LogP contribution in [0.15, 0.2) is 28.7 Å². The van der Waals surface area contributed by atoms with E-state index in [1.54, 1.807) is 26.1 Å². The van der Waals surface area contributed by atoms with Crippen LogP contribution in [0.5, 0.6) is 0 Å². The molecule has 0 radical (unpaired) electrons. The Hall–Kier alpha value is -1.86. The fourth-order valence-electron chi connectivity index (χ4n) is 2.89. The molecule has 1 atom stereocenters. The number of hydrogen-bond acceptors (Lipinski definition) is 5. The van der Waals surface area contributed by atoms with Crippen LogP contribution < -0.4 is 0 Å². The van der Waals surface area contributed by atoms with Crippen LogP contribution in [-0.4, -0.2) is 48.8 Å². The van der Waals surface area contributed by atoms with Crippen molar-refractivity contribution in [3.63, 3.8) is 0 Å². The summed E-state index contributed by atoms with van der Waals surface area (Å²) in [5.74, 6) is 0.907. The zero-order valence-corrected chi connectivity index (χ0v) is 15.6. The third-order valence-electron chi connectivity index (χ3n) is 4.47. The van der Waals surface area contributed by atoms with Crippen molar-refractivity contribution in [3.8, 4) is 11.5 Å². The van der Waals surface area contributed by atoms with E-state index in [2.05, 4.69) is 4.98 Å². The zero-order valence-electron chi connectivity index (χ0n) is 14.0. The molecule has 8 heteroatoms. The van der Waals surface area contributed by atoms with Crippen molar-refractivity contribution in [3.05, 3.63) is 40.7 Å². The molecule has 1 aliphatic rings. The lowest BCUT2D eigenvalue weighted by molar-refractivity contribution is -0.130. The van der Waals surface area contributed by atoms with Crippen molar-refractivity contribution in [1.29, 1.82) is 0 Å². The molecule has 0 saturated carbocycles. The Morgan fingerprint density at radius 3 is 2.76 bits per heavy atom. The molecule has 1 aromatic heterocycles. The highest BCUT2D eigenvalue weighted by Crippen LogP contribution is 2.28. The summed E-state index contributed by atoms with van der Waals surface area (Å²) >= 11 is 6.16. The number of nitrogens with zero attached hydrogens (tertiary/aromatic N) is 2. The summed E-state index contributed by atoms with van der Waals surface area (Å²) in [5, 5.41) is 0.523. The standard InChI is InChI=1S/C17H19ClN2O4S/c1-11-15(19-17(24-11)13-5-3-4-6-14(13)18)9-16(21)20(2)12-7-8-25(22,23)10-12/h3-6,12H,7-10H2,1-2H3. The van der Waals surface area contributed by atoms with E-state index in [1.165, 1.54) is 4.90 Å². The van der Waals surface area contributed by atoms with E-state index in [-0.39, 0.29) is 29.9 Å². The topological polar surface area (TPSA) is 80.5 Å². The molecular formula is C17H19ClN2O4S. The third-order valence-corrected chi connectivity index (χ3v) is 6.55. The summed E-state index contributed by atoms with van der Waals surface area (Å²) in [6.45, 7) is 1.75. The van der Waals surface area contributed by atoms with E-state index in [9.17, 15) is 13.2 Å². The number of oxazole rings is 1. The molecule has 25 heavy (non-hydrogen) atoms. The molecule has 1 saturated heterocycles. The number of aryl methyl sites for hydroxylation is 1. The Bertz CT molecular complexity index is 907. The maximum Gasteiger partial charge on any atom is 0.228 e. The highest BCUT2D eigenvalue weighted by molar-refractivity contribution is 7.91. The minimum Gasteiger partial charge on any atom is -0.441 e. The van der Waals surface area contributed by atoms with E-state index in [1.807, 2.05) is 12.1 Å². The quantitative estimate of drug-likeness (QED) is 0.811. The molecule has 1 fully saturated rings. The monoisotopic (exact) mass is 382 g/mol. The molecule has 6 nitrogen and oxygen atoms in total. The van der Waals surface area contributed by atoms with E-state index < -0.39 is 9.84 Å². The first-order valence-corrected chi connectivity index (χ1v) is 10.1.